The molecule has 0 N–H and O–H groups in total. The topological polar surface area (TPSA) is 80.3 Å². The lowest BCUT2D eigenvalue weighted by Crippen LogP contribution is -2.23. The van der Waals surface area contributed by atoms with Gasteiger partial charge in [0.25, 0.3) is 0 Å². The highest BCUT2D eigenvalue weighted by atomic mass is 17.5. The Morgan fingerprint density at radius 3 is 1.48 bits per heavy atom. The molecule has 0 aromatic carbocycles. The first-order valence-corrected chi connectivity index (χ1v) is 6.38. The summed E-state index contributed by atoms with van der Waals surface area (Å²) in [6, 6.07) is 0. The predicted octanol–water partition coefficient (Wildman–Crippen LogP) is 1.88. The molecule has 0 fully saturated rings. The molecule has 0 aromatic heterocycles. The van der Waals surface area contributed by atoms with Crippen molar-refractivity contribution in [2.75, 3.05) is 13.2 Å². The molecule has 7 nitrogen and oxygen atoms in total. The van der Waals surface area contributed by atoms with Gasteiger partial charge in [-0.25, -0.2) is 9.59 Å². The lowest BCUT2D eigenvalue weighted by atomic mass is 10.3. The van der Waals surface area contributed by atoms with E-state index in [4.69, 9.17) is 19.2 Å². The molecule has 120 valence electrons. The standard InChI is InChI=1S/C14H22O7/c1-9(2)13(15)17-7-11(5)19-21-20-12(6)8-18-14(16)10(3)4/h11-12H,1,3,7-8H2,2,4-6H3. The molecule has 0 spiro atoms. The summed E-state index contributed by atoms with van der Waals surface area (Å²) in [5, 5.41) is 4.52. The number of carbonyl (C=O) groups is 2. The molecule has 2 unspecified atom stereocenters. The minimum atomic E-state index is -0.529. The third-order valence-corrected chi connectivity index (χ3v) is 2.00. The summed E-state index contributed by atoms with van der Waals surface area (Å²) in [6.45, 7) is 13.2. The number of carbonyl (C=O) groups excluding carboxylic acids is 2. The molecule has 0 rings (SSSR count). The lowest BCUT2D eigenvalue weighted by Gasteiger charge is -2.14. The van der Waals surface area contributed by atoms with Gasteiger partial charge in [-0.3, -0.25) is 0 Å². The van der Waals surface area contributed by atoms with E-state index in [2.05, 4.69) is 18.2 Å². The molecule has 0 amide bonds. The van der Waals surface area contributed by atoms with E-state index in [0.29, 0.717) is 11.1 Å². The van der Waals surface area contributed by atoms with Crippen LogP contribution in [0.2, 0.25) is 0 Å². The highest BCUT2D eigenvalue weighted by Gasteiger charge is 2.12. The fourth-order valence-electron chi connectivity index (χ4n) is 0.845. The van der Waals surface area contributed by atoms with Crippen LogP contribution in [0.25, 0.3) is 0 Å². The average Bonchev–Trinajstić information content (AvgIpc) is 2.41. The lowest BCUT2D eigenvalue weighted by molar-refractivity contribution is -0.538. The van der Waals surface area contributed by atoms with Crippen molar-refractivity contribution < 1.29 is 33.9 Å². The van der Waals surface area contributed by atoms with E-state index in [-0.39, 0.29) is 13.2 Å². The molecule has 21 heavy (non-hydrogen) atoms. The Morgan fingerprint density at radius 2 is 1.19 bits per heavy atom. The summed E-state index contributed by atoms with van der Waals surface area (Å²) in [6.07, 6.45) is -1.06. The van der Waals surface area contributed by atoms with Gasteiger partial charge < -0.3 is 9.47 Å². The van der Waals surface area contributed by atoms with Crippen molar-refractivity contribution in [2.24, 2.45) is 0 Å². The van der Waals surface area contributed by atoms with Gasteiger partial charge in [-0.15, -0.1) is 0 Å². The molecule has 0 heterocycles. The Balaban J connectivity index is 3.73. The van der Waals surface area contributed by atoms with Crippen molar-refractivity contribution in [3.8, 4) is 0 Å². The maximum absolute atomic E-state index is 11.1. The van der Waals surface area contributed by atoms with Crippen LogP contribution in [0.3, 0.4) is 0 Å². The maximum atomic E-state index is 11.1. The van der Waals surface area contributed by atoms with E-state index in [0.717, 1.165) is 0 Å². The highest BCUT2D eigenvalue weighted by Crippen LogP contribution is 2.01. The Bertz CT molecular complexity index is 353. The van der Waals surface area contributed by atoms with Gasteiger partial charge in [-0.1, -0.05) is 18.2 Å². The van der Waals surface area contributed by atoms with E-state index >= 15 is 0 Å². The number of ether oxygens (including phenoxy) is 2. The normalized spacial score (nSPS) is 13.1. The van der Waals surface area contributed by atoms with Gasteiger partial charge in [0.2, 0.25) is 0 Å². The maximum Gasteiger partial charge on any atom is 0.333 e. The van der Waals surface area contributed by atoms with Crippen LogP contribution in [0.1, 0.15) is 27.7 Å². The first-order chi connectivity index (χ1) is 9.73. The van der Waals surface area contributed by atoms with Crippen molar-refractivity contribution in [3.63, 3.8) is 0 Å². The molecule has 0 saturated heterocycles. The third-order valence-electron chi connectivity index (χ3n) is 2.00. The van der Waals surface area contributed by atoms with Crippen LogP contribution in [0.4, 0.5) is 0 Å². The van der Waals surface area contributed by atoms with Gasteiger partial charge in [0, 0.05) is 11.1 Å². The molecule has 0 radical (unpaired) electrons. The SMILES string of the molecule is C=C(C)C(=O)OCC(C)OOOC(C)COC(=O)C(=C)C. The fourth-order valence-corrected chi connectivity index (χ4v) is 0.845. The smallest absolute Gasteiger partial charge is 0.333 e. The molecule has 0 bridgehead atoms. The highest BCUT2D eigenvalue weighted by molar-refractivity contribution is 5.87. The second-order valence-electron chi connectivity index (χ2n) is 4.64. The fraction of sp³-hybridized carbons (Fsp3) is 0.571. The van der Waals surface area contributed by atoms with Crippen LogP contribution in [0.5, 0.6) is 0 Å². The van der Waals surface area contributed by atoms with Crippen molar-refractivity contribution >= 4 is 11.9 Å². The summed E-state index contributed by atoms with van der Waals surface area (Å²) in [5.74, 6) is -1.02. The first-order valence-electron chi connectivity index (χ1n) is 6.38. The summed E-state index contributed by atoms with van der Waals surface area (Å²) < 4.78 is 9.70. The quantitative estimate of drug-likeness (QED) is 0.264. The van der Waals surface area contributed by atoms with Crippen molar-refractivity contribution in [2.45, 2.75) is 39.9 Å². The van der Waals surface area contributed by atoms with Crippen LogP contribution < -0.4 is 0 Å². The molecule has 0 saturated carbocycles. The van der Waals surface area contributed by atoms with E-state index in [9.17, 15) is 9.59 Å². The van der Waals surface area contributed by atoms with Crippen LogP contribution in [-0.2, 0) is 33.9 Å². The van der Waals surface area contributed by atoms with Gasteiger partial charge in [-0.2, -0.15) is 9.78 Å². The molecule has 0 aliphatic heterocycles. The van der Waals surface area contributed by atoms with Gasteiger partial charge in [0.05, 0.1) is 0 Å². The third kappa shape index (κ3) is 9.78. The summed E-state index contributed by atoms with van der Waals surface area (Å²) in [5.41, 5.74) is 0.597. The van der Waals surface area contributed by atoms with Crippen molar-refractivity contribution in [1.82, 2.24) is 0 Å². The molecule has 0 aliphatic rings. The number of hydrogen-bond acceptors (Lipinski definition) is 7. The second-order valence-corrected chi connectivity index (χ2v) is 4.64. The summed E-state index contributed by atoms with van der Waals surface area (Å²) >= 11 is 0. The number of esters is 2. The van der Waals surface area contributed by atoms with Crippen LogP contribution in [-0.4, -0.2) is 37.4 Å². The second kappa shape index (κ2) is 10.1. The van der Waals surface area contributed by atoms with Gasteiger partial charge in [0.1, 0.15) is 25.4 Å². The van der Waals surface area contributed by atoms with Crippen molar-refractivity contribution in [3.05, 3.63) is 24.3 Å². The van der Waals surface area contributed by atoms with Crippen LogP contribution >= 0.6 is 0 Å². The zero-order chi connectivity index (χ0) is 16.4. The first kappa shape index (κ1) is 19.3. The Morgan fingerprint density at radius 1 is 0.857 bits per heavy atom. The monoisotopic (exact) mass is 302 g/mol. The molecule has 0 aliphatic carbocycles. The molecular formula is C14H22O7. The van der Waals surface area contributed by atoms with E-state index in [1.807, 2.05) is 0 Å². The number of hydrogen-bond donors (Lipinski definition) is 0. The van der Waals surface area contributed by atoms with Crippen molar-refractivity contribution in [1.29, 1.82) is 0 Å². The Hall–Kier alpha value is -1.70. The average molecular weight is 302 g/mol. The Kier molecular flexibility index (Phi) is 9.27. The number of rotatable bonds is 10. The molecule has 7 heteroatoms. The van der Waals surface area contributed by atoms with Crippen LogP contribution in [0, 0.1) is 0 Å². The van der Waals surface area contributed by atoms with E-state index in [1.165, 1.54) is 0 Å². The largest absolute Gasteiger partial charge is 0.459 e. The predicted molar refractivity (Wildman–Crippen MR) is 73.7 cm³/mol. The minimum absolute atomic E-state index is 0.00587. The van der Waals surface area contributed by atoms with Gasteiger partial charge in [-0.05, 0) is 27.7 Å². The zero-order valence-electron chi connectivity index (χ0n) is 12.8. The van der Waals surface area contributed by atoms with Crippen LogP contribution in [0.15, 0.2) is 24.3 Å². The van der Waals surface area contributed by atoms with Gasteiger partial charge in [0.15, 0.2) is 0 Å². The van der Waals surface area contributed by atoms with Gasteiger partial charge >= 0.3 is 11.9 Å². The Labute approximate surface area is 124 Å². The minimum Gasteiger partial charge on any atom is -0.459 e. The zero-order valence-corrected chi connectivity index (χ0v) is 12.8. The van der Waals surface area contributed by atoms with E-state index in [1.54, 1.807) is 27.7 Å². The summed E-state index contributed by atoms with van der Waals surface area (Å²) in [4.78, 5) is 31.9. The van der Waals surface area contributed by atoms with E-state index < -0.39 is 24.1 Å². The molecular weight excluding hydrogens is 280 g/mol. The molecule has 2 atom stereocenters. The summed E-state index contributed by atoms with van der Waals surface area (Å²) in [7, 11) is 0. The molecule has 0 aromatic rings.